The van der Waals surface area contributed by atoms with Gasteiger partial charge in [0.25, 0.3) is 0 Å². The zero-order valence-electron chi connectivity index (χ0n) is 12.7. The molecule has 116 valence electrons. The molecule has 0 bridgehead atoms. The van der Waals surface area contributed by atoms with Crippen molar-refractivity contribution in [3.8, 4) is 5.75 Å². The number of benzene rings is 1. The molecule has 0 saturated heterocycles. The minimum absolute atomic E-state index is 0.224. The van der Waals surface area contributed by atoms with Crippen LogP contribution in [0.5, 0.6) is 5.75 Å². The third-order valence-corrected chi connectivity index (χ3v) is 3.56. The molecule has 6 nitrogen and oxygen atoms in total. The van der Waals surface area contributed by atoms with E-state index in [1.807, 2.05) is 26.0 Å². The summed E-state index contributed by atoms with van der Waals surface area (Å²) in [7, 11) is 0. The molecule has 2 heterocycles. The van der Waals surface area contributed by atoms with Crippen LogP contribution in [0.3, 0.4) is 0 Å². The quantitative estimate of drug-likeness (QED) is 0.910. The van der Waals surface area contributed by atoms with Gasteiger partial charge in [-0.1, -0.05) is 24.2 Å². The second-order valence-corrected chi connectivity index (χ2v) is 5.41. The van der Waals surface area contributed by atoms with Gasteiger partial charge in [0.2, 0.25) is 0 Å². The number of anilines is 1. The number of nitrogens with zero attached hydrogens (tertiary/aromatic N) is 1. The molecule has 2 amide bonds. The van der Waals surface area contributed by atoms with Crippen LogP contribution < -0.4 is 15.4 Å². The van der Waals surface area contributed by atoms with E-state index < -0.39 is 0 Å². The third-order valence-electron chi connectivity index (χ3n) is 3.56. The minimum Gasteiger partial charge on any atom is -0.490 e. The van der Waals surface area contributed by atoms with Gasteiger partial charge in [-0.25, -0.2) is 4.79 Å². The predicted octanol–water partition coefficient (Wildman–Crippen LogP) is 2.88. The van der Waals surface area contributed by atoms with E-state index >= 15 is 0 Å². The average Bonchev–Trinajstić information content (AvgIpc) is 3.09. The molecule has 1 aliphatic rings. The molecule has 0 aliphatic carbocycles. The molecule has 1 atom stereocenters. The number of amides is 2. The lowest BCUT2D eigenvalue weighted by atomic mass is 10.1. The number of carbonyl (C=O) groups is 1. The number of aromatic nitrogens is 1. The zero-order valence-corrected chi connectivity index (χ0v) is 12.7. The second kappa shape index (κ2) is 6.09. The molecule has 0 spiro atoms. The summed E-state index contributed by atoms with van der Waals surface area (Å²) in [6.45, 7) is 4.46. The van der Waals surface area contributed by atoms with Crippen molar-refractivity contribution in [1.29, 1.82) is 0 Å². The Morgan fingerprint density at radius 1 is 1.41 bits per heavy atom. The zero-order chi connectivity index (χ0) is 15.5. The first kappa shape index (κ1) is 14.4. The minimum atomic E-state index is -0.305. The van der Waals surface area contributed by atoms with E-state index in [4.69, 9.17) is 9.26 Å². The number of fused-ring (bicyclic) bond motifs is 1. The van der Waals surface area contributed by atoms with E-state index in [0.29, 0.717) is 12.4 Å². The van der Waals surface area contributed by atoms with Crippen LogP contribution in [0.2, 0.25) is 0 Å². The number of aryl methyl sites for hydroxylation is 1. The summed E-state index contributed by atoms with van der Waals surface area (Å²) in [5.74, 6) is 2.10. The van der Waals surface area contributed by atoms with E-state index in [9.17, 15) is 4.79 Å². The Kier molecular flexibility index (Phi) is 4.00. The van der Waals surface area contributed by atoms with Crippen LogP contribution in [0.4, 0.5) is 10.6 Å². The summed E-state index contributed by atoms with van der Waals surface area (Å²) < 4.78 is 10.7. The third kappa shape index (κ3) is 3.21. The molecule has 6 heteroatoms. The Hall–Kier alpha value is -2.50. The van der Waals surface area contributed by atoms with Crippen LogP contribution in [0.15, 0.2) is 28.8 Å². The molecule has 3 rings (SSSR count). The number of urea groups is 1. The maximum atomic E-state index is 11.8. The molecular weight excluding hydrogens is 282 g/mol. The summed E-state index contributed by atoms with van der Waals surface area (Å²) in [5, 5.41) is 9.23. The predicted molar refractivity (Wildman–Crippen MR) is 82.0 cm³/mol. The SMILES string of the molecule is CCc1cc(NC(=O)NCc2ccc3c(c2)CC(C)O3)no1. The standard InChI is InChI=1S/C16H19N3O3/c1-3-13-8-15(19-22-13)18-16(20)17-9-11-4-5-14-12(7-11)6-10(2)21-14/h4-5,7-8,10H,3,6,9H2,1-2H3,(H2,17,18,19,20). The summed E-state index contributed by atoms with van der Waals surface area (Å²) >= 11 is 0. The molecule has 0 radical (unpaired) electrons. The Balaban J connectivity index is 1.54. The van der Waals surface area contributed by atoms with Gasteiger partial charge in [-0.05, 0) is 24.1 Å². The Morgan fingerprint density at radius 3 is 3.05 bits per heavy atom. The van der Waals surface area contributed by atoms with Crippen LogP contribution in [0.25, 0.3) is 0 Å². The van der Waals surface area contributed by atoms with Crippen molar-refractivity contribution in [3.63, 3.8) is 0 Å². The highest BCUT2D eigenvalue weighted by molar-refractivity contribution is 5.88. The van der Waals surface area contributed by atoms with E-state index in [0.717, 1.165) is 29.9 Å². The van der Waals surface area contributed by atoms with E-state index in [1.54, 1.807) is 6.07 Å². The van der Waals surface area contributed by atoms with Crippen LogP contribution in [0.1, 0.15) is 30.7 Å². The van der Waals surface area contributed by atoms with Crippen LogP contribution in [-0.2, 0) is 19.4 Å². The fourth-order valence-corrected chi connectivity index (χ4v) is 2.47. The molecule has 2 N–H and O–H groups in total. The van der Waals surface area contributed by atoms with Gasteiger partial charge in [-0.15, -0.1) is 0 Å². The smallest absolute Gasteiger partial charge is 0.320 e. The summed E-state index contributed by atoms with van der Waals surface area (Å²) in [5.41, 5.74) is 2.23. The maximum absolute atomic E-state index is 11.8. The van der Waals surface area contributed by atoms with Gasteiger partial charge < -0.3 is 14.6 Å². The average molecular weight is 301 g/mol. The number of nitrogens with one attached hydrogen (secondary N) is 2. The molecule has 0 saturated carbocycles. The molecular formula is C16H19N3O3. The molecule has 2 aromatic rings. The summed E-state index contributed by atoms with van der Waals surface area (Å²) in [6.07, 6.45) is 1.88. The van der Waals surface area contributed by atoms with E-state index in [-0.39, 0.29) is 12.1 Å². The van der Waals surface area contributed by atoms with Gasteiger partial charge in [-0.3, -0.25) is 5.32 Å². The number of rotatable bonds is 4. The van der Waals surface area contributed by atoms with Gasteiger partial charge in [0.15, 0.2) is 5.82 Å². The van der Waals surface area contributed by atoms with Crippen molar-refractivity contribution < 1.29 is 14.1 Å². The number of ether oxygens (including phenoxy) is 1. The lowest BCUT2D eigenvalue weighted by Crippen LogP contribution is -2.28. The topological polar surface area (TPSA) is 76.4 Å². The molecule has 1 aromatic heterocycles. The van der Waals surface area contributed by atoms with Gasteiger partial charge in [0.1, 0.15) is 17.6 Å². The van der Waals surface area contributed by atoms with Gasteiger partial charge >= 0.3 is 6.03 Å². The summed E-state index contributed by atoms with van der Waals surface area (Å²) in [4.78, 5) is 11.8. The molecule has 22 heavy (non-hydrogen) atoms. The van der Waals surface area contributed by atoms with Crippen LogP contribution in [0, 0.1) is 0 Å². The highest BCUT2D eigenvalue weighted by Crippen LogP contribution is 2.29. The van der Waals surface area contributed by atoms with Crippen LogP contribution >= 0.6 is 0 Å². The normalized spacial score (nSPS) is 16.0. The number of hydrogen-bond donors (Lipinski definition) is 2. The Labute approximate surface area is 128 Å². The van der Waals surface area contributed by atoms with Crippen molar-refractivity contribution in [3.05, 3.63) is 41.2 Å². The first-order valence-electron chi connectivity index (χ1n) is 7.43. The lowest BCUT2D eigenvalue weighted by Gasteiger charge is -2.07. The highest BCUT2D eigenvalue weighted by Gasteiger charge is 2.18. The molecule has 1 unspecified atom stereocenters. The molecule has 0 fully saturated rings. The van der Waals surface area contributed by atoms with Crippen molar-refractivity contribution in [2.75, 3.05) is 5.32 Å². The van der Waals surface area contributed by atoms with Crippen molar-refractivity contribution in [2.24, 2.45) is 0 Å². The fourth-order valence-electron chi connectivity index (χ4n) is 2.47. The van der Waals surface area contributed by atoms with E-state index in [1.165, 1.54) is 5.56 Å². The molecule has 1 aliphatic heterocycles. The van der Waals surface area contributed by atoms with Crippen LogP contribution in [-0.4, -0.2) is 17.3 Å². The van der Waals surface area contributed by atoms with E-state index in [2.05, 4.69) is 21.9 Å². The highest BCUT2D eigenvalue weighted by atomic mass is 16.5. The fraction of sp³-hybridized carbons (Fsp3) is 0.375. The van der Waals surface area contributed by atoms with Gasteiger partial charge in [-0.2, -0.15) is 0 Å². The first-order chi connectivity index (χ1) is 10.6. The first-order valence-corrected chi connectivity index (χ1v) is 7.43. The summed E-state index contributed by atoms with van der Waals surface area (Å²) in [6, 6.07) is 7.40. The van der Waals surface area contributed by atoms with Gasteiger partial charge in [0.05, 0.1) is 0 Å². The van der Waals surface area contributed by atoms with Crippen molar-refractivity contribution in [2.45, 2.75) is 39.3 Å². The number of hydrogen-bond acceptors (Lipinski definition) is 4. The Morgan fingerprint density at radius 2 is 2.27 bits per heavy atom. The second-order valence-electron chi connectivity index (χ2n) is 5.41. The Bertz CT molecular complexity index is 681. The monoisotopic (exact) mass is 301 g/mol. The largest absolute Gasteiger partial charge is 0.490 e. The van der Waals surface area contributed by atoms with Crippen molar-refractivity contribution >= 4 is 11.8 Å². The van der Waals surface area contributed by atoms with Gasteiger partial charge in [0, 0.05) is 25.5 Å². The molecule has 1 aromatic carbocycles. The van der Waals surface area contributed by atoms with Crippen molar-refractivity contribution in [1.82, 2.24) is 10.5 Å². The number of carbonyl (C=O) groups excluding carboxylic acids is 1. The lowest BCUT2D eigenvalue weighted by molar-refractivity contribution is 0.251. The maximum Gasteiger partial charge on any atom is 0.320 e.